The molecule has 1 aromatic rings. The van der Waals surface area contributed by atoms with Crippen LogP contribution in [0.1, 0.15) is 6.92 Å². The molecule has 2 N–H and O–H groups in total. The maximum absolute atomic E-state index is 5.94. The molecule has 148 valence electrons. The van der Waals surface area contributed by atoms with Crippen LogP contribution in [-0.4, -0.2) is 77.1 Å². The van der Waals surface area contributed by atoms with Crippen LogP contribution >= 0.6 is 24.0 Å². The number of ether oxygens (including phenoxy) is 3. The third-order valence-electron chi connectivity index (χ3n) is 4.00. The first kappa shape index (κ1) is 22.8. The Morgan fingerprint density at radius 2 is 1.92 bits per heavy atom. The van der Waals surface area contributed by atoms with Gasteiger partial charge in [0.1, 0.15) is 6.10 Å². The predicted molar refractivity (Wildman–Crippen MR) is 115 cm³/mol. The number of nitrogens with one attached hydrogen (secondary N) is 2. The largest absolute Gasteiger partial charge is 0.493 e. The molecule has 1 aliphatic heterocycles. The fourth-order valence-electron chi connectivity index (χ4n) is 2.59. The van der Waals surface area contributed by atoms with Gasteiger partial charge in [0.25, 0.3) is 0 Å². The number of para-hydroxylation sites is 2. The first-order valence-electron chi connectivity index (χ1n) is 8.77. The van der Waals surface area contributed by atoms with Gasteiger partial charge in [0, 0.05) is 33.2 Å². The molecule has 1 fully saturated rings. The van der Waals surface area contributed by atoms with E-state index in [1.54, 1.807) is 14.2 Å². The second kappa shape index (κ2) is 13.0. The van der Waals surface area contributed by atoms with Gasteiger partial charge in [-0.15, -0.1) is 24.0 Å². The van der Waals surface area contributed by atoms with Gasteiger partial charge in [-0.2, -0.15) is 0 Å². The summed E-state index contributed by atoms with van der Waals surface area (Å²) >= 11 is 0. The number of hydrogen-bond donors (Lipinski definition) is 2. The van der Waals surface area contributed by atoms with E-state index in [9.17, 15) is 0 Å². The zero-order chi connectivity index (χ0) is 17.9. The third-order valence-corrected chi connectivity index (χ3v) is 4.00. The quantitative estimate of drug-likeness (QED) is 0.336. The van der Waals surface area contributed by atoms with Crippen LogP contribution in [0.5, 0.6) is 11.5 Å². The molecule has 0 spiro atoms. The highest BCUT2D eigenvalue weighted by molar-refractivity contribution is 14.0. The molecule has 1 heterocycles. The average Bonchev–Trinajstić information content (AvgIpc) is 2.65. The Hall–Kier alpha value is -1.26. The van der Waals surface area contributed by atoms with Crippen LogP contribution in [0.4, 0.5) is 0 Å². The van der Waals surface area contributed by atoms with Crippen molar-refractivity contribution in [3.63, 3.8) is 0 Å². The summed E-state index contributed by atoms with van der Waals surface area (Å²) in [5.41, 5.74) is 0. The lowest BCUT2D eigenvalue weighted by Crippen LogP contribution is -2.46. The number of guanidine groups is 1. The minimum absolute atomic E-state index is 0. The minimum Gasteiger partial charge on any atom is -0.493 e. The standard InChI is InChI=1S/C18H30N4O3.HI/c1-15(25-17-7-5-4-6-16(17)23-3)14-21-18(19-2)20-8-9-22-10-12-24-13-11-22;/h4-7,15H,8-14H2,1-3H3,(H2,19,20,21);1H. The summed E-state index contributed by atoms with van der Waals surface area (Å²) in [5, 5.41) is 6.63. The van der Waals surface area contributed by atoms with Crippen LogP contribution in [-0.2, 0) is 4.74 Å². The fourth-order valence-corrected chi connectivity index (χ4v) is 2.59. The fraction of sp³-hybridized carbons (Fsp3) is 0.611. The molecule has 1 atom stereocenters. The molecule has 7 nitrogen and oxygen atoms in total. The van der Waals surface area contributed by atoms with Crippen LogP contribution < -0.4 is 20.1 Å². The lowest BCUT2D eigenvalue weighted by atomic mass is 10.3. The molecule has 8 heteroatoms. The van der Waals surface area contributed by atoms with E-state index in [-0.39, 0.29) is 30.1 Å². The van der Waals surface area contributed by atoms with Gasteiger partial charge in [-0.1, -0.05) is 12.1 Å². The topological polar surface area (TPSA) is 67.4 Å². The van der Waals surface area contributed by atoms with Gasteiger partial charge in [0.05, 0.1) is 26.9 Å². The van der Waals surface area contributed by atoms with Crippen molar-refractivity contribution in [3.8, 4) is 11.5 Å². The molecule has 0 amide bonds. The maximum Gasteiger partial charge on any atom is 0.191 e. The Balaban J connectivity index is 0.00000338. The molecular formula is C18H31IN4O3. The van der Waals surface area contributed by atoms with Crippen molar-refractivity contribution in [2.75, 3.05) is 60.1 Å². The van der Waals surface area contributed by atoms with Gasteiger partial charge in [0.15, 0.2) is 17.5 Å². The van der Waals surface area contributed by atoms with E-state index in [2.05, 4.69) is 20.5 Å². The smallest absolute Gasteiger partial charge is 0.191 e. The lowest BCUT2D eigenvalue weighted by molar-refractivity contribution is 0.0389. The number of benzene rings is 1. The molecule has 26 heavy (non-hydrogen) atoms. The van der Waals surface area contributed by atoms with Crippen LogP contribution in [0.15, 0.2) is 29.3 Å². The minimum atomic E-state index is -0.0194. The molecule has 1 aliphatic rings. The van der Waals surface area contributed by atoms with Gasteiger partial charge in [-0.25, -0.2) is 0 Å². The highest BCUT2D eigenvalue weighted by Gasteiger charge is 2.11. The van der Waals surface area contributed by atoms with Crippen LogP contribution in [0.2, 0.25) is 0 Å². The Morgan fingerprint density at radius 1 is 1.23 bits per heavy atom. The number of hydrogen-bond acceptors (Lipinski definition) is 5. The average molecular weight is 478 g/mol. The van der Waals surface area contributed by atoms with Gasteiger partial charge in [-0.05, 0) is 19.1 Å². The monoisotopic (exact) mass is 478 g/mol. The summed E-state index contributed by atoms with van der Waals surface area (Å²) in [7, 11) is 3.42. The van der Waals surface area contributed by atoms with E-state index in [4.69, 9.17) is 14.2 Å². The molecular weight excluding hydrogens is 447 g/mol. The van der Waals surface area contributed by atoms with Gasteiger partial charge in [0.2, 0.25) is 0 Å². The van der Waals surface area contributed by atoms with Gasteiger partial charge < -0.3 is 24.8 Å². The second-order valence-corrected chi connectivity index (χ2v) is 5.91. The van der Waals surface area contributed by atoms with E-state index in [0.717, 1.165) is 56.9 Å². The normalized spacial score (nSPS) is 16.3. The summed E-state index contributed by atoms with van der Waals surface area (Å²) < 4.78 is 16.6. The summed E-state index contributed by atoms with van der Waals surface area (Å²) in [6.07, 6.45) is -0.0194. The number of rotatable bonds is 8. The number of halogens is 1. The van der Waals surface area contributed by atoms with Crippen molar-refractivity contribution in [1.82, 2.24) is 15.5 Å². The van der Waals surface area contributed by atoms with Gasteiger partial charge in [-0.3, -0.25) is 9.89 Å². The lowest BCUT2D eigenvalue weighted by Gasteiger charge is -2.27. The summed E-state index contributed by atoms with van der Waals surface area (Å²) in [6.45, 7) is 8.14. The van der Waals surface area contributed by atoms with E-state index in [1.807, 2.05) is 31.2 Å². The summed E-state index contributed by atoms with van der Waals surface area (Å²) in [5.74, 6) is 2.26. The summed E-state index contributed by atoms with van der Waals surface area (Å²) in [4.78, 5) is 6.64. The highest BCUT2D eigenvalue weighted by Crippen LogP contribution is 2.26. The molecule has 0 aromatic heterocycles. The van der Waals surface area contributed by atoms with E-state index in [1.165, 1.54) is 0 Å². The van der Waals surface area contributed by atoms with Crippen molar-refractivity contribution < 1.29 is 14.2 Å². The van der Waals surface area contributed by atoms with Crippen LogP contribution in [0, 0.1) is 0 Å². The predicted octanol–water partition coefficient (Wildman–Crippen LogP) is 1.58. The van der Waals surface area contributed by atoms with Gasteiger partial charge >= 0.3 is 0 Å². The molecule has 0 aliphatic carbocycles. The van der Waals surface area contributed by atoms with Crippen molar-refractivity contribution in [2.45, 2.75) is 13.0 Å². The molecule has 1 unspecified atom stereocenters. The van der Waals surface area contributed by atoms with E-state index >= 15 is 0 Å². The number of nitrogens with zero attached hydrogens (tertiary/aromatic N) is 2. The number of aliphatic imine (C=N–C) groups is 1. The zero-order valence-corrected chi connectivity index (χ0v) is 18.2. The molecule has 1 aromatic carbocycles. The molecule has 0 saturated carbocycles. The Kier molecular flexibility index (Phi) is 11.4. The molecule has 0 radical (unpaired) electrons. The SMILES string of the molecule is CN=C(NCCN1CCOCC1)NCC(C)Oc1ccccc1OC.I. The highest BCUT2D eigenvalue weighted by atomic mass is 127. The molecule has 1 saturated heterocycles. The zero-order valence-electron chi connectivity index (χ0n) is 15.9. The summed E-state index contributed by atoms with van der Waals surface area (Å²) in [6, 6.07) is 7.66. The van der Waals surface area contributed by atoms with Crippen molar-refractivity contribution >= 4 is 29.9 Å². The first-order valence-corrected chi connectivity index (χ1v) is 8.77. The van der Waals surface area contributed by atoms with Crippen molar-refractivity contribution in [1.29, 1.82) is 0 Å². The molecule has 0 bridgehead atoms. The maximum atomic E-state index is 5.94. The third kappa shape index (κ3) is 7.96. The molecule has 2 rings (SSSR count). The van der Waals surface area contributed by atoms with Crippen LogP contribution in [0.25, 0.3) is 0 Å². The van der Waals surface area contributed by atoms with E-state index in [0.29, 0.717) is 6.54 Å². The van der Waals surface area contributed by atoms with Crippen molar-refractivity contribution in [3.05, 3.63) is 24.3 Å². The number of methoxy groups -OCH3 is 1. The Bertz CT molecular complexity index is 539. The van der Waals surface area contributed by atoms with Crippen molar-refractivity contribution in [2.24, 2.45) is 4.99 Å². The van der Waals surface area contributed by atoms with Crippen LogP contribution in [0.3, 0.4) is 0 Å². The Labute approximate surface area is 173 Å². The second-order valence-electron chi connectivity index (χ2n) is 5.91. The first-order chi connectivity index (χ1) is 12.2. The van der Waals surface area contributed by atoms with E-state index < -0.39 is 0 Å². The number of morpholine rings is 1. The Morgan fingerprint density at radius 3 is 2.58 bits per heavy atom.